The van der Waals surface area contributed by atoms with E-state index < -0.39 is 12.3 Å². The largest absolute Gasteiger partial charge is 0.244 e. The first kappa shape index (κ1) is 7.96. The summed E-state index contributed by atoms with van der Waals surface area (Å²) >= 11 is 0. The molecule has 1 fully saturated rings. The average molecular weight is 148 g/mol. The molecule has 1 unspecified atom stereocenters. The summed E-state index contributed by atoms with van der Waals surface area (Å²) in [5.41, 5.74) is 0. The molecule has 0 aromatic heterocycles. The van der Waals surface area contributed by atoms with E-state index in [2.05, 4.69) is 0 Å². The van der Waals surface area contributed by atoms with E-state index in [-0.39, 0.29) is 5.92 Å². The Morgan fingerprint density at radius 3 is 1.70 bits per heavy atom. The van der Waals surface area contributed by atoms with E-state index in [0.717, 1.165) is 0 Å². The molecular formula is C8H14F2. The zero-order valence-electron chi connectivity index (χ0n) is 6.48. The smallest absolute Gasteiger partial charge is 0.131 e. The number of rotatable bonds is 1. The molecular weight excluding hydrogens is 134 g/mol. The van der Waals surface area contributed by atoms with Gasteiger partial charge in [-0.05, 0) is 24.7 Å². The molecule has 1 aliphatic rings. The fourth-order valence-corrected chi connectivity index (χ4v) is 1.51. The standard InChI is InChI=1S/C8H14F2/c1-5(2)6-3-7(9)8(10)4-6/h5-8H,3-4H2,1-2H3/t6?,7-,8+. The van der Waals surface area contributed by atoms with E-state index in [0.29, 0.717) is 18.8 Å². The van der Waals surface area contributed by atoms with Gasteiger partial charge in [0.25, 0.3) is 0 Å². The van der Waals surface area contributed by atoms with Crippen molar-refractivity contribution in [1.82, 2.24) is 0 Å². The molecule has 3 atom stereocenters. The highest BCUT2D eigenvalue weighted by atomic mass is 19.2. The maximum absolute atomic E-state index is 12.6. The van der Waals surface area contributed by atoms with Crippen LogP contribution in [0, 0.1) is 11.8 Å². The molecule has 1 rings (SSSR count). The van der Waals surface area contributed by atoms with E-state index in [1.165, 1.54) is 0 Å². The van der Waals surface area contributed by atoms with Crippen LogP contribution in [0.5, 0.6) is 0 Å². The molecule has 0 amide bonds. The topological polar surface area (TPSA) is 0 Å². The Bertz CT molecular complexity index is 102. The molecule has 0 heterocycles. The summed E-state index contributed by atoms with van der Waals surface area (Å²) in [7, 11) is 0. The van der Waals surface area contributed by atoms with Gasteiger partial charge in [-0.25, -0.2) is 8.78 Å². The summed E-state index contributed by atoms with van der Waals surface area (Å²) in [5.74, 6) is 0.698. The molecule has 1 saturated carbocycles. The van der Waals surface area contributed by atoms with Gasteiger partial charge in [0.05, 0.1) is 0 Å². The second kappa shape index (κ2) is 2.85. The molecule has 0 nitrogen and oxygen atoms in total. The first-order chi connectivity index (χ1) is 4.61. The van der Waals surface area contributed by atoms with Crippen molar-refractivity contribution in [2.24, 2.45) is 11.8 Å². The summed E-state index contributed by atoms with van der Waals surface area (Å²) in [6.45, 7) is 4.05. The molecule has 0 saturated heterocycles. The van der Waals surface area contributed by atoms with E-state index in [1.807, 2.05) is 13.8 Å². The molecule has 0 spiro atoms. The van der Waals surface area contributed by atoms with Gasteiger partial charge in [-0.3, -0.25) is 0 Å². The Labute approximate surface area is 60.6 Å². The number of hydrogen-bond acceptors (Lipinski definition) is 0. The molecule has 0 aliphatic heterocycles. The van der Waals surface area contributed by atoms with Crippen LogP contribution >= 0.6 is 0 Å². The SMILES string of the molecule is CC(C)C1C[C@@H](F)[C@@H](F)C1. The van der Waals surface area contributed by atoms with Gasteiger partial charge in [-0.2, -0.15) is 0 Å². The third-order valence-electron chi connectivity index (χ3n) is 2.39. The molecule has 60 valence electrons. The van der Waals surface area contributed by atoms with Crippen molar-refractivity contribution in [3.8, 4) is 0 Å². The Morgan fingerprint density at radius 1 is 1.10 bits per heavy atom. The van der Waals surface area contributed by atoms with Crippen LogP contribution in [0.3, 0.4) is 0 Å². The first-order valence-electron chi connectivity index (χ1n) is 3.89. The van der Waals surface area contributed by atoms with E-state index >= 15 is 0 Å². The van der Waals surface area contributed by atoms with Crippen LogP contribution in [0.1, 0.15) is 26.7 Å². The van der Waals surface area contributed by atoms with Crippen molar-refractivity contribution < 1.29 is 8.78 Å². The van der Waals surface area contributed by atoms with Crippen LogP contribution < -0.4 is 0 Å². The van der Waals surface area contributed by atoms with Gasteiger partial charge < -0.3 is 0 Å². The summed E-state index contributed by atoms with van der Waals surface area (Å²) in [6, 6.07) is 0. The predicted molar refractivity (Wildman–Crippen MR) is 37.4 cm³/mol. The monoisotopic (exact) mass is 148 g/mol. The highest BCUT2D eigenvalue weighted by Gasteiger charge is 2.35. The molecule has 0 aromatic carbocycles. The summed E-state index contributed by atoms with van der Waals surface area (Å²) in [5, 5.41) is 0. The molecule has 0 N–H and O–H groups in total. The minimum Gasteiger partial charge on any atom is -0.244 e. The number of alkyl halides is 2. The van der Waals surface area contributed by atoms with Gasteiger partial charge in [-0.1, -0.05) is 13.8 Å². The van der Waals surface area contributed by atoms with Crippen LogP contribution in [0.4, 0.5) is 8.78 Å². The highest BCUT2D eigenvalue weighted by Crippen LogP contribution is 2.35. The fourth-order valence-electron chi connectivity index (χ4n) is 1.51. The first-order valence-corrected chi connectivity index (χ1v) is 3.89. The van der Waals surface area contributed by atoms with Gasteiger partial charge >= 0.3 is 0 Å². The van der Waals surface area contributed by atoms with E-state index in [9.17, 15) is 8.78 Å². The Hall–Kier alpha value is -0.140. The molecule has 0 bridgehead atoms. The lowest BCUT2D eigenvalue weighted by molar-refractivity contribution is 0.199. The normalized spacial score (nSPS) is 41.1. The maximum Gasteiger partial charge on any atom is 0.131 e. The van der Waals surface area contributed by atoms with Crippen LogP contribution in [-0.2, 0) is 0 Å². The Morgan fingerprint density at radius 2 is 1.50 bits per heavy atom. The molecule has 0 radical (unpaired) electrons. The fraction of sp³-hybridized carbons (Fsp3) is 1.00. The minimum absolute atomic E-state index is 0.269. The third kappa shape index (κ3) is 1.47. The van der Waals surface area contributed by atoms with Gasteiger partial charge in [0, 0.05) is 0 Å². The van der Waals surface area contributed by atoms with Crippen LogP contribution in [0.25, 0.3) is 0 Å². The van der Waals surface area contributed by atoms with Gasteiger partial charge in [0.1, 0.15) is 12.3 Å². The third-order valence-corrected chi connectivity index (χ3v) is 2.39. The van der Waals surface area contributed by atoms with Gasteiger partial charge in [0.2, 0.25) is 0 Å². The molecule has 1 aliphatic carbocycles. The van der Waals surface area contributed by atoms with Crippen molar-refractivity contribution >= 4 is 0 Å². The van der Waals surface area contributed by atoms with Crippen LogP contribution in [-0.4, -0.2) is 12.3 Å². The average Bonchev–Trinajstić information content (AvgIpc) is 2.13. The van der Waals surface area contributed by atoms with E-state index in [4.69, 9.17) is 0 Å². The molecule has 2 heteroatoms. The summed E-state index contributed by atoms with van der Waals surface area (Å²) in [4.78, 5) is 0. The van der Waals surface area contributed by atoms with Gasteiger partial charge in [0.15, 0.2) is 0 Å². The maximum atomic E-state index is 12.6. The lowest BCUT2D eigenvalue weighted by atomic mass is 9.95. The quantitative estimate of drug-likeness (QED) is 0.536. The zero-order valence-corrected chi connectivity index (χ0v) is 6.48. The van der Waals surface area contributed by atoms with Crippen LogP contribution in [0.15, 0.2) is 0 Å². The van der Waals surface area contributed by atoms with Gasteiger partial charge in [-0.15, -0.1) is 0 Å². The molecule has 0 aromatic rings. The summed E-state index contributed by atoms with van der Waals surface area (Å²) in [6.07, 6.45) is -1.52. The highest BCUT2D eigenvalue weighted by molar-refractivity contribution is 4.84. The second-order valence-corrected chi connectivity index (χ2v) is 3.51. The second-order valence-electron chi connectivity index (χ2n) is 3.51. The van der Waals surface area contributed by atoms with Crippen molar-refractivity contribution in [1.29, 1.82) is 0 Å². The minimum atomic E-state index is -1.19. The predicted octanol–water partition coefficient (Wildman–Crippen LogP) is 2.73. The van der Waals surface area contributed by atoms with Crippen molar-refractivity contribution in [2.75, 3.05) is 0 Å². The Kier molecular flexibility index (Phi) is 2.27. The van der Waals surface area contributed by atoms with Crippen molar-refractivity contribution in [3.05, 3.63) is 0 Å². The number of halogens is 2. The lowest BCUT2D eigenvalue weighted by Crippen LogP contribution is -2.06. The summed E-state index contributed by atoms with van der Waals surface area (Å²) < 4.78 is 25.1. The zero-order chi connectivity index (χ0) is 7.72. The van der Waals surface area contributed by atoms with Crippen molar-refractivity contribution in [3.63, 3.8) is 0 Å². The van der Waals surface area contributed by atoms with Crippen molar-refractivity contribution in [2.45, 2.75) is 39.0 Å². The number of hydrogen-bond donors (Lipinski definition) is 0. The molecule has 10 heavy (non-hydrogen) atoms. The lowest BCUT2D eigenvalue weighted by Gasteiger charge is -2.11. The Balaban J connectivity index is 2.41. The van der Waals surface area contributed by atoms with Crippen LogP contribution in [0.2, 0.25) is 0 Å². The van der Waals surface area contributed by atoms with E-state index in [1.54, 1.807) is 0 Å².